The van der Waals surface area contributed by atoms with Crippen LogP contribution in [0.4, 0.5) is 0 Å². The summed E-state index contributed by atoms with van der Waals surface area (Å²) in [4.78, 5) is 13.9. The summed E-state index contributed by atoms with van der Waals surface area (Å²) in [5.74, 6) is 2.19. The summed E-state index contributed by atoms with van der Waals surface area (Å²) in [5, 5.41) is 0. The maximum Gasteiger partial charge on any atom is 0.232 e. The normalized spacial score (nSPS) is 11.6. The molecule has 1 rings (SSSR count). The van der Waals surface area contributed by atoms with E-state index in [9.17, 15) is 4.79 Å². The van der Waals surface area contributed by atoms with Crippen molar-refractivity contribution in [2.75, 3.05) is 19.6 Å². The van der Waals surface area contributed by atoms with Crippen LogP contribution in [0.5, 0.6) is 0 Å². The molecule has 0 aliphatic rings. The number of nitrogens with zero attached hydrogens (tertiary/aromatic N) is 1. The van der Waals surface area contributed by atoms with Gasteiger partial charge in [0.05, 0.1) is 12.5 Å². The highest BCUT2D eigenvalue weighted by molar-refractivity contribution is 5.84. The molecule has 3 nitrogen and oxygen atoms in total. The lowest BCUT2D eigenvalue weighted by Crippen LogP contribution is -2.38. The molecule has 0 fully saturated rings. The highest BCUT2D eigenvalue weighted by atomic mass is 16.2. The van der Waals surface area contributed by atoms with Crippen molar-refractivity contribution in [3.63, 3.8) is 0 Å². The number of likely N-dealkylation sites (N-methyl/N-ethyl adjacent to an activating group) is 1. The quantitative estimate of drug-likeness (QED) is 0.773. The van der Waals surface area contributed by atoms with Crippen molar-refractivity contribution in [3.05, 3.63) is 35.9 Å². The highest BCUT2D eigenvalue weighted by Crippen LogP contribution is 2.17. The summed E-state index contributed by atoms with van der Waals surface area (Å²) in [6.07, 6.45) is 5.25. The van der Waals surface area contributed by atoms with Crippen LogP contribution in [0.25, 0.3) is 0 Å². The summed E-state index contributed by atoms with van der Waals surface area (Å²) < 4.78 is 0. The van der Waals surface area contributed by atoms with E-state index in [0.717, 1.165) is 5.56 Å². The van der Waals surface area contributed by atoms with Gasteiger partial charge in [0.1, 0.15) is 0 Å². The molecule has 17 heavy (non-hydrogen) atoms. The molecule has 90 valence electrons. The molecule has 0 saturated carbocycles. The van der Waals surface area contributed by atoms with Crippen molar-refractivity contribution in [2.45, 2.75) is 12.8 Å². The third-order valence-corrected chi connectivity index (χ3v) is 2.71. The topological polar surface area (TPSA) is 46.3 Å². The van der Waals surface area contributed by atoms with Crippen molar-refractivity contribution >= 4 is 5.91 Å². The molecule has 0 radical (unpaired) electrons. The van der Waals surface area contributed by atoms with Crippen LogP contribution in [-0.2, 0) is 4.79 Å². The highest BCUT2D eigenvalue weighted by Gasteiger charge is 2.22. The third-order valence-electron chi connectivity index (χ3n) is 2.71. The van der Waals surface area contributed by atoms with Gasteiger partial charge >= 0.3 is 0 Å². The van der Waals surface area contributed by atoms with Crippen molar-refractivity contribution in [1.82, 2.24) is 4.90 Å². The Morgan fingerprint density at radius 2 is 2.12 bits per heavy atom. The van der Waals surface area contributed by atoms with E-state index in [1.165, 1.54) is 0 Å². The smallest absolute Gasteiger partial charge is 0.232 e. The molecule has 0 aliphatic carbocycles. The molecule has 1 amide bonds. The van der Waals surface area contributed by atoms with Crippen molar-refractivity contribution in [3.8, 4) is 12.3 Å². The zero-order valence-corrected chi connectivity index (χ0v) is 10.1. The average Bonchev–Trinajstić information content (AvgIpc) is 2.38. The Morgan fingerprint density at radius 1 is 1.47 bits per heavy atom. The molecule has 0 bridgehead atoms. The van der Waals surface area contributed by atoms with Crippen LogP contribution in [0.3, 0.4) is 0 Å². The summed E-state index contributed by atoms with van der Waals surface area (Å²) in [7, 11) is 0. The van der Waals surface area contributed by atoms with Crippen LogP contribution < -0.4 is 5.73 Å². The van der Waals surface area contributed by atoms with Gasteiger partial charge in [0.15, 0.2) is 0 Å². The van der Waals surface area contributed by atoms with Gasteiger partial charge in [-0.1, -0.05) is 36.3 Å². The largest absolute Gasteiger partial charge is 0.331 e. The fourth-order valence-corrected chi connectivity index (χ4v) is 1.74. The first kappa shape index (κ1) is 13.3. The van der Waals surface area contributed by atoms with Gasteiger partial charge in [-0.3, -0.25) is 4.79 Å². The Morgan fingerprint density at radius 3 is 2.59 bits per heavy atom. The fraction of sp³-hybridized carbons (Fsp3) is 0.357. The molecule has 1 aromatic rings. The summed E-state index contributed by atoms with van der Waals surface area (Å²) in [6, 6.07) is 9.56. The molecule has 0 saturated heterocycles. The van der Waals surface area contributed by atoms with Crippen LogP contribution in [0, 0.1) is 12.3 Å². The lowest BCUT2D eigenvalue weighted by atomic mass is 9.98. The van der Waals surface area contributed by atoms with E-state index < -0.39 is 0 Å². The number of hydrogen-bond acceptors (Lipinski definition) is 2. The second-order valence-corrected chi connectivity index (χ2v) is 3.76. The lowest BCUT2D eigenvalue weighted by Gasteiger charge is -2.24. The number of terminal acetylenes is 1. The number of carbonyl (C=O) groups excluding carboxylic acids is 1. The van der Waals surface area contributed by atoms with Gasteiger partial charge in [0.25, 0.3) is 0 Å². The standard InChI is InChI=1S/C14H18N2O/c1-3-10-16(4-2)14(17)13(11-15)12-8-6-5-7-9-12/h1,5-9,13H,4,10-11,15H2,2H3. The van der Waals surface area contributed by atoms with Crippen LogP contribution in [-0.4, -0.2) is 30.4 Å². The average molecular weight is 230 g/mol. The molecule has 1 aromatic carbocycles. The van der Waals surface area contributed by atoms with Crippen LogP contribution >= 0.6 is 0 Å². The zero-order valence-electron chi connectivity index (χ0n) is 10.1. The van der Waals surface area contributed by atoms with E-state index in [0.29, 0.717) is 19.6 Å². The van der Waals surface area contributed by atoms with Crippen LogP contribution in [0.15, 0.2) is 30.3 Å². The van der Waals surface area contributed by atoms with E-state index in [-0.39, 0.29) is 11.8 Å². The Hall–Kier alpha value is -1.79. The van der Waals surface area contributed by atoms with Gasteiger partial charge in [0.2, 0.25) is 5.91 Å². The van der Waals surface area contributed by atoms with Gasteiger partial charge in [-0.2, -0.15) is 0 Å². The first-order valence-corrected chi connectivity index (χ1v) is 5.71. The number of amides is 1. The van der Waals surface area contributed by atoms with Crippen molar-refractivity contribution in [1.29, 1.82) is 0 Å². The molecular weight excluding hydrogens is 212 g/mol. The first-order valence-electron chi connectivity index (χ1n) is 5.71. The number of hydrogen-bond donors (Lipinski definition) is 1. The molecule has 0 aliphatic heterocycles. The molecule has 1 atom stereocenters. The summed E-state index contributed by atoms with van der Waals surface area (Å²) in [5.41, 5.74) is 6.64. The van der Waals surface area contributed by atoms with Crippen LogP contribution in [0.1, 0.15) is 18.4 Å². The van der Waals surface area contributed by atoms with Gasteiger partial charge in [-0.25, -0.2) is 0 Å². The number of rotatable bonds is 5. The minimum absolute atomic E-state index is 0.000787. The summed E-state index contributed by atoms with van der Waals surface area (Å²) in [6.45, 7) is 3.14. The van der Waals surface area contributed by atoms with E-state index in [1.54, 1.807) is 4.90 Å². The predicted octanol–water partition coefficient (Wildman–Crippen LogP) is 1.21. The number of nitrogens with two attached hydrogens (primary N) is 1. The molecule has 0 spiro atoms. The van der Waals surface area contributed by atoms with Gasteiger partial charge < -0.3 is 10.6 Å². The fourth-order valence-electron chi connectivity index (χ4n) is 1.74. The zero-order chi connectivity index (χ0) is 12.7. The lowest BCUT2D eigenvalue weighted by molar-refractivity contribution is -0.131. The Balaban J connectivity index is 2.88. The third kappa shape index (κ3) is 3.33. The summed E-state index contributed by atoms with van der Waals surface area (Å²) >= 11 is 0. The molecule has 3 heteroatoms. The molecule has 0 heterocycles. The van der Waals surface area contributed by atoms with E-state index in [2.05, 4.69) is 5.92 Å². The first-order chi connectivity index (χ1) is 8.24. The molecule has 2 N–H and O–H groups in total. The Kier molecular flexibility index (Phi) is 5.25. The monoisotopic (exact) mass is 230 g/mol. The Bertz CT molecular complexity index is 394. The maximum absolute atomic E-state index is 12.2. The Labute approximate surface area is 103 Å². The van der Waals surface area contributed by atoms with Gasteiger partial charge in [0, 0.05) is 13.1 Å². The van der Waals surface area contributed by atoms with E-state index >= 15 is 0 Å². The van der Waals surface area contributed by atoms with Crippen molar-refractivity contribution < 1.29 is 4.79 Å². The van der Waals surface area contributed by atoms with Gasteiger partial charge in [-0.05, 0) is 12.5 Å². The molecular formula is C14H18N2O. The SMILES string of the molecule is C#CCN(CC)C(=O)C(CN)c1ccccc1. The van der Waals surface area contributed by atoms with Crippen LogP contribution in [0.2, 0.25) is 0 Å². The van der Waals surface area contributed by atoms with E-state index in [4.69, 9.17) is 12.2 Å². The maximum atomic E-state index is 12.2. The molecule has 0 aromatic heterocycles. The van der Waals surface area contributed by atoms with Crippen molar-refractivity contribution in [2.24, 2.45) is 5.73 Å². The predicted molar refractivity (Wildman–Crippen MR) is 69.3 cm³/mol. The number of carbonyl (C=O) groups is 1. The minimum Gasteiger partial charge on any atom is -0.331 e. The van der Waals surface area contributed by atoms with E-state index in [1.807, 2.05) is 37.3 Å². The molecule has 1 unspecified atom stereocenters. The number of benzene rings is 1. The second-order valence-electron chi connectivity index (χ2n) is 3.76. The minimum atomic E-state index is -0.301. The second kappa shape index (κ2) is 6.72. The van der Waals surface area contributed by atoms with Gasteiger partial charge in [-0.15, -0.1) is 6.42 Å².